The Morgan fingerprint density at radius 1 is 0.933 bits per heavy atom. The van der Waals surface area contributed by atoms with Crippen molar-refractivity contribution in [3.63, 3.8) is 0 Å². The van der Waals surface area contributed by atoms with Crippen LogP contribution in [0.3, 0.4) is 0 Å². The van der Waals surface area contributed by atoms with Gasteiger partial charge in [-0.2, -0.15) is 0 Å². The molecule has 8 nitrogen and oxygen atoms in total. The molecule has 0 radical (unpaired) electrons. The summed E-state index contributed by atoms with van der Waals surface area (Å²) in [6, 6.07) is 0. The van der Waals surface area contributed by atoms with Gasteiger partial charge in [-0.1, -0.05) is 0 Å². The van der Waals surface area contributed by atoms with Crippen LogP contribution < -0.4 is 0 Å². The SMILES string of the molecule is O=P(=O)OC(CO)CO.OCC(O)CO. The first-order chi connectivity index (χ1) is 7.01. The van der Waals surface area contributed by atoms with Crippen LogP contribution in [0.1, 0.15) is 0 Å². The molecule has 0 saturated carbocycles. The third-order valence-electron chi connectivity index (χ3n) is 1.06. The van der Waals surface area contributed by atoms with Crippen LogP contribution in [0, 0.1) is 0 Å². The average molecular weight is 246 g/mol. The Labute approximate surface area is 86.7 Å². The van der Waals surface area contributed by atoms with Crippen LogP contribution >= 0.6 is 7.91 Å². The molecule has 0 saturated heterocycles. The van der Waals surface area contributed by atoms with Gasteiger partial charge in [-0.15, -0.1) is 0 Å². The van der Waals surface area contributed by atoms with Gasteiger partial charge in [-0.25, -0.2) is 9.13 Å². The van der Waals surface area contributed by atoms with E-state index in [1.54, 1.807) is 0 Å². The van der Waals surface area contributed by atoms with E-state index in [1.807, 2.05) is 0 Å². The van der Waals surface area contributed by atoms with Crippen LogP contribution in [0.5, 0.6) is 0 Å². The summed E-state index contributed by atoms with van der Waals surface area (Å²) in [6.07, 6.45) is -1.96. The molecule has 0 fully saturated rings. The van der Waals surface area contributed by atoms with Gasteiger partial charge < -0.3 is 25.5 Å². The molecule has 0 amide bonds. The highest BCUT2D eigenvalue weighted by Crippen LogP contribution is 2.08. The van der Waals surface area contributed by atoms with Gasteiger partial charge in [-0.05, 0) is 0 Å². The Hall–Kier alpha value is -0.340. The number of hydrogen-bond acceptors (Lipinski definition) is 8. The highest BCUT2D eigenvalue weighted by molar-refractivity contribution is 7.24. The van der Waals surface area contributed by atoms with Gasteiger partial charge in [0.05, 0.1) is 26.4 Å². The molecule has 0 unspecified atom stereocenters. The maximum absolute atomic E-state index is 9.72. The van der Waals surface area contributed by atoms with Crippen LogP contribution in [0.2, 0.25) is 0 Å². The lowest BCUT2D eigenvalue weighted by atomic mass is 10.4. The summed E-state index contributed by atoms with van der Waals surface area (Å²) in [5.74, 6) is 0. The Morgan fingerprint density at radius 3 is 1.40 bits per heavy atom. The van der Waals surface area contributed by atoms with Crippen molar-refractivity contribution in [3.8, 4) is 0 Å². The first-order valence-corrected chi connectivity index (χ1v) is 5.03. The minimum atomic E-state index is -2.97. The largest absolute Gasteiger partial charge is 0.468 e. The van der Waals surface area contributed by atoms with Gasteiger partial charge in [0, 0.05) is 0 Å². The molecule has 0 aromatic rings. The van der Waals surface area contributed by atoms with Crippen molar-refractivity contribution in [1.29, 1.82) is 0 Å². The van der Waals surface area contributed by atoms with Crippen molar-refractivity contribution < 1.29 is 39.2 Å². The lowest BCUT2D eigenvalue weighted by molar-refractivity contribution is 0.0450. The van der Waals surface area contributed by atoms with Crippen LogP contribution in [-0.4, -0.2) is 64.2 Å². The maximum Gasteiger partial charge on any atom is 0.468 e. The van der Waals surface area contributed by atoms with E-state index in [9.17, 15) is 9.13 Å². The molecule has 0 aliphatic rings. The smallest absolute Gasteiger partial charge is 0.394 e. The van der Waals surface area contributed by atoms with E-state index in [0.29, 0.717) is 0 Å². The Kier molecular flexibility index (Phi) is 13.4. The highest BCUT2D eigenvalue weighted by Gasteiger charge is 2.07. The van der Waals surface area contributed by atoms with Gasteiger partial charge in [0.25, 0.3) is 0 Å². The van der Waals surface area contributed by atoms with Crippen molar-refractivity contribution in [2.24, 2.45) is 0 Å². The summed E-state index contributed by atoms with van der Waals surface area (Å²) in [5, 5.41) is 40.5. The monoisotopic (exact) mass is 246 g/mol. The molecule has 92 valence electrons. The van der Waals surface area contributed by atoms with Crippen molar-refractivity contribution in [1.82, 2.24) is 0 Å². The van der Waals surface area contributed by atoms with Crippen LogP contribution in [0.25, 0.3) is 0 Å². The number of aliphatic hydroxyl groups excluding tert-OH is 5. The summed E-state index contributed by atoms with van der Waals surface area (Å²) in [5.41, 5.74) is 0. The second kappa shape index (κ2) is 11.7. The van der Waals surface area contributed by atoms with E-state index >= 15 is 0 Å². The van der Waals surface area contributed by atoms with Crippen molar-refractivity contribution in [3.05, 3.63) is 0 Å². The Morgan fingerprint density at radius 2 is 1.33 bits per heavy atom. The maximum atomic E-state index is 9.72. The molecule has 0 aromatic heterocycles. The van der Waals surface area contributed by atoms with E-state index in [4.69, 9.17) is 25.5 Å². The zero-order chi connectivity index (χ0) is 12.3. The molecular weight excluding hydrogens is 231 g/mol. The van der Waals surface area contributed by atoms with Crippen LogP contribution in [0.4, 0.5) is 0 Å². The molecule has 0 aliphatic heterocycles. The summed E-state index contributed by atoms with van der Waals surface area (Å²) < 4.78 is 23.4. The Balaban J connectivity index is 0. The molecule has 0 spiro atoms. The van der Waals surface area contributed by atoms with Crippen LogP contribution in [-0.2, 0) is 13.7 Å². The fourth-order valence-corrected chi connectivity index (χ4v) is 0.681. The van der Waals surface area contributed by atoms with Gasteiger partial charge in [0.1, 0.15) is 12.2 Å². The predicted molar refractivity (Wildman–Crippen MR) is 47.5 cm³/mol. The zero-order valence-corrected chi connectivity index (χ0v) is 8.79. The minimum Gasteiger partial charge on any atom is -0.394 e. The molecule has 5 N–H and O–H groups in total. The lowest BCUT2D eigenvalue weighted by Gasteiger charge is -2.03. The molecule has 0 aromatic carbocycles. The normalized spacial score (nSPS) is 10.1. The van der Waals surface area contributed by atoms with E-state index in [2.05, 4.69) is 4.52 Å². The minimum absolute atomic E-state index is 0.365. The molecule has 0 atom stereocenters. The highest BCUT2D eigenvalue weighted by atomic mass is 31.1. The van der Waals surface area contributed by atoms with Crippen molar-refractivity contribution >= 4 is 7.91 Å². The van der Waals surface area contributed by atoms with Gasteiger partial charge in [-0.3, -0.25) is 4.52 Å². The van der Waals surface area contributed by atoms with E-state index in [1.165, 1.54) is 0 Å². The molecule has 9 heteroatoms. The standard InChI is InChI=1S/C3H7O5P.C3H8O3/c4-1-3(2-5)8-9(6)7;4-1-3(6)2-5/h3-5H,1-2H2;3-6H,1-2H2. The van der Waals surface area contributed by atoms with E-state index in [0.717, 1.165) is 0 Å². The molecule has 0 bridgehead atoms. The molecule has 15 heavy (non-hydrogen) atoms. The van der Waals surface area contributed by atoms with E-state index < -0.39 is 33.3 Å². The molecule has 0 aliphatic carbocycles. The number of aliphatic hydroxyl groups is 5. The average Bonchev–Trinajstić information content (AvgIpc) is 2.25. The third kappa shape index (κ3) is 13.7. The quantitative estimate of drug-likeness (QED) is 0.331. The molecule has 0 rings (SSSR count). The fraction of sp³-hybridized carbons (Fsp3) is 1.00. The fourth-order valence-electron chi connectivity index (χ4n) is 0.304. The summed E-state index contributed by atoms with van der Waals surface area (Å²) >= 11 is 0. The second-order valence-corrected chi connectivity index (χ2v) is 2.99. The van der Waals surface area contributed by atoms with Crippen molar-refractivity contribution in [2.75, 3.05) is 26.4 Å². The first-order valence-electron chi connectivity index (χ1n) is 3.94. The summed E-state index contributed by atoms with van der Waals surface area (Å²) in [6.45, 7) is -1.73. The number of hydrogen-bond donors (Lipinski definition) is 5. The molecule has 0 heterocycles. The number of rotatable bonds is 6. The lowest BCUT2D eigenvalue weighted by Crippen LogP contribution is -2.17. The third-order valence-corrected chi connectivity index (χ3v) is 1.53. The topological polar surface area (TPSA) is 145 Å². The van der Waals surface area contributed by atoms with Gasteiger partial charge in [0.2, 0.25) is 0 Å². The van der Waals surface area contributed by atoms with Crippen LogP contribution in [0.15, 0.2) is 0 Å². The summed E-state index contributed by atoms with van der Waals surface area (Å²) in [7, 11) is -2.97. The van der Waals surface area contributed by atoms with Gasteiger partial charge in [0.15, 0.2) is 0 Å². The summed E-state index contributed by atoms with van der Waals surface area (Å²) in [4.78, 5) is 0. The molecular formula is C6H15O8P. The second-order valence-electron chi connectivity index (χ2n) is 2.34. The van der Waals surface area contributed by atoms with Gasteiger partial charge >= 0.3 is 7.91 Å². The Bertz CT molecular complexity index is 178. The zero-order valence-electron chi connectivity index (χ0n) is 7.89. The predicted octanol–water partition coefficient (Wildman–Crippen LogP) is -2.22. The van der Waals surface area contributed by atoms with Crippen molar-refractivity contribution in [2.45, 2.75) is 12.2 Å². The first kappa shape index (κ1) is 17.1. The van der Waals surface area contributed by atoms with E-state index in [-0.39, 0.29) is 13.2 Å².